The minimum absolute atomic E-state index is 0.0819. The summed E-state index contributed by atoms with van der Waals surface area (Å²) < 4.78 is 39.2. The fourth-order valence-electron chi connectivity index (χ4n) is 7.28. The highest BCUT2D eigenvalue weighted by Gasteiger charge is 2.20. The van der Waals surface area contributed by atoms with Gasteiger partial charge in [0, 0.05) is 11.1 Å². The first-order valence-corrected chi connectivity index (χ1v) is 26.0. The Hall–Kier alpha value is -4.25. The molecule has 0 atom stereocenters. The van der Waals surface area contributed by atoms with Crippen LogP contribution in [0, 0.1) is 11.8 Å². The number of unbranched alkanes of at least 4 members (excludes halogenated alkanes) is 18. The summed E-state index contributed by atoms with van der Waals surface area (Å²) in [4.78, 5) is 13.0. The Morgan fingerprint density at radius 3 is 1.06 bits per heavy atom. The Morgan fingerprint density at radius 2 is 0.769 bits per heavy atom. The Labute approximate surface area is 396 Å². The topological polar surface area (TPSA) is 92.7 Å². The van der Waals surface area contributed by atoms with E-state index in [0.717, 1.165) is 148 Å². The van der Waals surface area contributed by atoms with Crippen LogP contribution in [0.15, 0.2) is 41.7 Å². The number of Topliss-reactive ketones (excluding diaryl/α,β-unsaturated/α-hetero) is 1. The molecule has 65 heavy (non-hydrogen) atoms. The SMILES string of the molecule is CCCCCCOc1cc(C#C/C(=C\C(C(C)=O)=C(\C)O)c2cc(OCCCCCC)c(OCCCCCC)c(OCCCCCC)c2)cc(OCCCCCC)c1OCCCCCC. The van der Waals surface area contributed by atoms with Crippen molar-refractivity contribution in [3.63, 3.8) is 0 Å². The zero-order valence-corrected chi connectivity index (χ0v) is 42.4. The predicted octanol–water partition coefficient (Wildman–Crippen LogP) is 16.3. The maximum atomic E-state index is 13.0. The highest BCUT2D eigenvalue weighted by molar-refractivity contribution is 6.00. The van der Waals surface area contributed by atoms with Crippen LogP contribution in [0.2, 0.25) is 0 Å². The fraction of sp³-hybridized carbons (Fsp3) is 0.667. The van der Waals surface area contributed by atoms with Gasteiger partial charge < -0.3 is 33.5 Å². The van der Waals surface area contributed by atoms with Crippen molar-refractivity contribution in [1.82, 2.24) is 0 Å². The number of ether oxygens (including phenoxy) is 6. The molecule has 0 bridgehead atoms. The molecule has 366 valence electrons. The minimum atomic E-state index is -0.269. The van der Waals surface area contributed by atoms with E-state index < -0.39 is 0 Å². The average Bonchev–Trinajstić information content (AvgIpc) is 3.29. The molecule has 2 rings (SSSR count). The van der Waals surface area contributed by atoms with Crippen LogP contribution >= 0.6 is 0 Å². The van der Waals surface area contributed by atoms with Crippen molar-refractivity contribution in [2.45, 2.75) is 209 Å². The molecular formula is C57H90O8. The first-order valence-electron chi connectivity index (χ1n) is 26.0. The van der Waals surface area contributed by atoms with Gasteiger partial charge in [0.25, 0.3) is 0 Å². The van der Waals surface area contributed by atoms with E-state index in [9.17, 15) is 9.90 Å². The van der Waals surface area contributed by atoms with Crippen molar-refractivity contribution in [3.05, 3.63) is 52.8 Å². The van der Waals surface area contributed by atoms with Crippen molar-refractivity contribution >= 4 is 11.4 Å². The van der Waals surface area contributed by atoms with E-state index in [0.29, 0.717) is 90.8 Å². The third kappa shape index (κ3) is 24.2. The number of carbonyl (C=O) groups is 1. The van der Waals surface area contributed by atoms with E-state index in [1.807, 2.05) is 24.3 Å². The van der Waals surface area contributed by atoms with Gasteiger partial charge in [-0.25, -0.2) is 0 Å². The highest BCUT2D eigenvalue weighted by Crippen LogP contribution is 2.42. The van der Waals surface area contributed by atoms with Gasteiger partial charge in [0.15, 0.2) is 28.8 Å². The van der Waals surface area contributed by atoms with Gasteiger partial charge in [-0.05, 0) is 88.3 Å². The van der Waals surface area contributed by atoms with E-state index in [4.69, 9.17) is 28.4 Å². The second-order valence-corrected chi connectivity index (χ2v) is 17.4. The van der Waals surface area contributed by atoms with Gasteiger partial charge in [-0.15, -0.1) is 0 Å². The summed E-state index contributed by atoms with van der Waals surface area (Å²) in [5, 5.41) is 10.8. The number of carbonyl (C=O) groups excluding carboxylic acids is 1. The lowest BCUT2D eigenvalue weighted by Crippen LogP contribution is -2.07. The van der Waals surface area contributed by atoms with Crippen LogP contribution in [0.4, 0.5) is 0 Å². The van der Waals surface area contributed by atoms with Gasteiger partial charge in [0.05, 0.1) is 51.0 Å². The number of hydrogen-bond donors (Lipinski definition) is 1. The summed E-state index contributed by atoms with van der Waals surface area (Å²) in [7, 11) is 0. The van der Waals surface area contributed by atoms with Gasteiger partial charge in [0.2, 0.25) is 11.5 Å². The zero-order valence-electron chi connectivity index (χ0n) is 42.4. The predicted molar refractivity (Wildman–Crippen MR) is 272 cm³/mol. The van der Waals surface area contributed by atoms with Crippen molar-refractivity contribution in [1.29, 1.82) is 0 Å². The van der Waals surface area contributed by atoms with Crippen LogP contribution in [0.3, 0.4) is 0 Å². The molecule has 0 unspecified atom stereocenters. The quantitative estimate of drug-likeness (QED) is 0.0233. The van der Waals surface area contributed by atoms with Crippen LogP contribution < -0.4 is 28.4 Å². The van der Waals surface area contributed by atoms with Crippen LogP contribution in [0.5, 0.6) is 34.5 Å². The van der Waals surface area contributed by atoms with E-state index in [1.165, 1.54) is 20.3 Å². The van der Waals surface area contributed by atoms with E-state index in [-0.39, 0.29) is 17.1 Å². The van der Waals surface area contributed by atoms with E-state index in [1.54, 1.807) is 6.08 Å². The molecule has 0 fully saturated rings. The molecule has 0 amide bonds. The lowest BCUT2D eigenvalue weighted by molar-refractivity contribution is -0.113. The Balaban J connectivity index is 2.88. The molecule has 0 aliphatic carbocycles. The van der Waals surface area contributed by atoms with Gasteiger partial charge in [-0.2, -0.15) is 0 Å². The molecule has 0 saturated heterocycles. The molecule has 0 aromatic heterocycles. The molecule has 0 aliphatic rings. The molecule has 8 nitrogen and oxygen atoms in total. The molecule has 0 saturated carbocycles. The molecule has 0 aliphatic heterocycles. The van der Waals surface area contributed by atoms with Gasteiger partial charge in [-0.3, -0.25) is 4.79 Å². The van der Waals surface area contributed by atoms with Gasteiger partial charge in [-0.1, -0.05) is 169 Å². The second-order valence-electron chi connectivity index (χ2n) is 17.4. The van der Waals surface area contributed by atoms with Crippen molar-refractivity contribution in [2.24, 2.45) is 0 Å². The van der Waals surface area contributed by atoms with Crippen LogP contribution in [0.1, 0.15) is 221 Å². The first kappa shape index (κ1) is 56.9. The molecule has 2 aromatic rings. The number of benzene rings is 2. The summed E-state index contributed by atoms with van der Waals surface area (Å²) in [5.74, 6) is 10.1. The number of rotatable bonds is 39. The zero-order chi connectivity index (χ0) is 47.3. The van der Waals surface area contributed by atoms with Crippen LogP contribution in [-0.4, -0.2) is 50.5 Å². The summed E-state index contributed by atoms with van der Waals surface area (Å²) in [6.07, 6.45) is 27.5. The van der Waals surface area contributed by atoms with Crippen molar-refractivity contribution in [3.8, 4) is 46.3 Å². The summed E-state index contributed by atoms with van der Waals surface area (Å²) in [5.41, 5.74) is 2.07. The third-order valence-corrected chi connectivity index (χ3v) is 11.3. The maximum absolute atomic E-state index is 13.0. The Bertz CT molecular complexity index is 1640. The Morgan fingerprint density at radius 1 is 0.462 bits per heavy atom. The lowest BCUT2D eigenvalue weighted by Gasteiger charge is -2.19. The van der Waals surface area contributed by atoms with E-state index in [2.05, 4.69) is 53.4 Å². The highest BCUT2D eigenvalue weighted by atomic mass is 16.5. The van der Waals surface area contributed by atoms with Crippen molar-refractivity contribution < 1.29 is 38.3 Å². The molecule has 2 aromatic carbocycles. The standard InChI is InChI=1S/C57H90O8/c1-9-15-21-27-35-60-52-41-48(42-53(61-36-28-22-16-10-2)56(52)64-39-31-25-19-13-5)33-34-49(43-51(46(7)58)47(8)59)50-44-54(62-37-29-23-17-11-3)57(65-40-32-26-20-14-6)55(45-50)63-38-30-24-18-12-4/h41-45,58H,9-32,35-40H2,1-8H3/b49-43+,51-46+. The smallest absolute Gasteiger partial charge is 0.203 e. The van der Waals surface area contributed by atoms with Crippen LogP contribution in [0.25, 0.3) is 5.57 Å². The Kier molecular flexibility index (Phi) is 32.3. The molecular weight excluding hydrogens is 813 g/mol. The fourth-order valence-corrected chi connectivity index (χ4v) is 7.28. The lowest BCUT2D eigenvalue weighted by atomic mass is 9.99. The molecule has 0 radical (unpaired) electrons. The number of aliphatic hydroxyl groups is 1. The third-order valence-electron chi connectivity index (χ3n) is 11.3. The molecule has 8 heteroatoms. The molecule has 1 N–H and O–H groups in total. The summed E-state index contributed by atoms with van der Waals surface area (Å²) in [6, 6.07) is 7.78. The summed E-state index contributed by atoms with van der Waals surface area (Å²) in [6.45, 7) is 19.5. The van der Waals surface area contributed by atoms with Gasteiger partial charge >= 0.3 is 0 Å². The summed E-state index contributed by atoms with van der Waals surface area (Å²) >= 11 is 0. The maximum Gasteiger partial charge on any atom is 0.203 e. The first-order chi connectivity index (χ1) is 31.7. The average molecular weight is 903 g/mol. The number of ketones is 1. The van der Waals surface area contributed by atoms with Crippen LogP contribution in [-0.2, 0) is 4.79 Å². The molecule has 0 spiro atoms. The molecule has 0 heterocycles. The number of allylic oxidation sites excluding steroid dienone is 4. The number of aliphatic hydroxyl groups excluding tert-OH is 1. The number of hydrogen-bond acceptors (Lipinski definition) is 8. The van der Waals surface area contributed by atoms with Gasteiger partial charge in [0.1, 0.15) is 0 Å². The van der Waals surface area contributed by atoms with Crippen molar-refractivity contribution in [2.75, 3.05) is 39.6 Å². The largest absolute Gasteiger partial charge is 0.512 e. The minimum Gasteiger partial charge on any atom is -0.512 e. The second kappa shape index (κ2) is 36.9. The normalized spacial score (nSPS) is 11.7. The monoisotopic (exact) mass is 903 g/mol. The van der Waals surface area contributed by atoms with E-state index >= 15 is 0 Å².